The molecule has 6 aliphatic rings. The van der Waals surface area contributed by atoms with E-state index in [1.54, 1.807) is 12.1 Å². The van der Waals surface area contributed by atoms with Crippen molar-refractivity contribution >= 4 is 29.2 Å². The van der Waals surface area contributed by atoms with Gasteiger partial charge >= 0.3 is 42.3 Å². The van der Waals surface area contributed by atoms with Crippen molar-refractivity contribution in [1.29, 1.82) is 0 Å². The van der Waals surface area contributed by atoms with Gasteiger partial charge < -0.3 is 61.9 Å². The number of fused-ring (bicyclic) bond motifs is 4. The van der Waals surface area contributed by atoms with Crippen molar-refractivity contribution in [3.8, 4) is 46.0 Å². The monoisotopic (exact) mass is 1250 g/mol. The zero-order valence-corrected chi connectivity index (χ0v) is 46.0. The lowest BCUT2D eigenvalue weighted by Gasteiger charge is -2.43. The Labute approximate surface area is 484 Å². The van der Waals surface area contributed by atoms with E-state index in [2.05, 4.69) is 52.3 Å². The average molecular weight is 1250 g/mol. The van der Waals surface area contributed by atoms with E-state index in [-0.39, 0.29) is 78.0 Å². The minimum Gasteiger partial charge on any atom is -0.454 e. The Kier molecular flexibility index (Phi) is 19.2. The molecule has 468 valence electrons. The van der Waals surface area contributed by atoms with Crippen LogP contribution >= 0.6 is 11.6 Å². The van der Waals surface area contributed by atoms with Crippen LogP contribution in [0.5, 0.6) is 46.0 Å². The van der Waals surface area contributed by atoms with Gasteiger partial charge in [0.2, 0.25) is 27.2 Å². The average Bonchev–Trinajstić information content (AvgIpc) is 2.10. The van der Waals surface area contributed by atoms with Crippen LogP contribution in [-0.2, 0) is 25.0 Å². The quantitative estimate of drug-likeness (QED) is 0.0931. The normalized spacial score (nSPS) is 16.9. The molecule has 4 aromatic rings. The van der Waals surface area contributed by atoms with Crippen molar-refractivity contribution in [2.75, 3.05) is 53.4 Å². The summed E-state index contributed by atoms with van der Waals surface area (Å²) >= 11 is 4.22. The van der Waals surface area contributed by atoms with Crippen LogP contribution in [0, 0.1) is 11.8 Å². The molecule has 16 nitrogen and oxygen atoms in total. The van der Waals surface area contributed by atoms with E-state index in [1.807, 2.05) is 69.0 Å². The van der Waals surface area contributed by atoms with Gasteiger partial charge in [-0.3, -0.25) is 0 Å². The topological polar surface area (TPSA) is 159 Å². The minimum atomic E-state index is -5.77. The number of likely N-dealkylation sites (tertiary alicyclic amines) is 2. The summed E-state index contributed by atoms with van der Waals surface area (Å²) in [6.07, 6.45) is -31.0. The molecule has 10 rings (SSSR count). The summed E-state index contributed by atoms with van der Waals surface area (Å²) in [4.78, 5) is 37.3. The number of nitrogens with zero attached hydrogens (tertiary/aromatic N) is 2. The third-order valence-corrected chi connectivity index (χ3v) is 15.1. The van der Waals surface area contributed by atoms with E-state index in [0.29, 0.717) is 42.0 Å². The third-order valence-electron chi connectivity index (χ3n) is 15.0. The van der Waals surface area contributed by atoms with E-state index in [9.17, 15) is 67.1 Å². The van der Waals surface area contributed by atoms with Crippen LogP contribution in [0.15, 0.2) is 72.8 Å². The van der Waals surface area contributed by atoms with Crippen molar-refractivity contribution in [2.24, 2.45) is 11.8 Å². The van der Waals surface area contributed by atoms with Gasteiger partial charge in [0.15, 0.2) is 46.0 Å². The fraction of sp³-hybridized carbons (Fsp3) is 0.518. The van der Waals surface area contributed by atoms with Crippen LogP contribution in [0.25, 0.3) is 0 Å². The van der Waals surface area contributed by atoms with Crippen LogP contribution in [-0.4, -0.2) is 123 Å². The maximum atomic E-state index is 12.9. The van der Waals surface area contributed by atoms with E-state index in [4.69, 9.17) is 42.6 Å². The number of piperidine rings is 2. The first-order valence-corrected chi connectivity index (χ1v) is 26.2. The van der Waals surface area contributed by atoms with Crippen LogP contribution in [0.1, 0.15) is 90.0 Å². The van der Waals surface area contributed by atoms with Crippen molar-refractivity contribution < 1.29 is 119 Å². The molecule has 4 aromatic carbocycles. The van der Waals surface area contributed by atoms with Crippen LogP contribution in [0.2, 0.25) is 0 Å². The first-order chi connectivity index (χ1) is 39.2. The van der Waals surface area contributed by atoms with Gasteiger partial charge in [0.1, 0.15) is 5.60 Å². The second-order valence-electron chi connectivity index (χ2n) is 21.3. The van der Waals surface area contributed by atoms with Gasteiger partial charge in [-0.2, -0.15) is 52.7 Å². The first kappa shape index (κ1) is 65.3. The van der Waals surface area contributed by atoms with E-state index < -0.39 is 59.5 Å². The highest BCUT2D eigenvalue weighted by Crippen LogP contribution is 2.51. The Balaban J connectivity index is 0.000000202. The molecule has 2 fully saturated rings. The number of carbonyl (C=O) groups is 3. The lowest BCUT2D eigenvalue weighted by atomic mass is 9.64. The second-order valence-corrected chi connectivity index (χ2v) is 21.7. The number of halogens is 13. The molecule has 0 bridgehead atoms. The molecule has 0 radical (unpaired) electrons. The molecule has 0 saturated carbocycles. The summed E-state index contributed by atoms with van der Waals surface area (Å²) < 4.78 is 203. The molecule has 0 unspecified atom stereocenters. The maximum absolute atomic E-state index is 12.9. The molecule has 0 aromatic heterocycles. The standard InChI is InChI=1S/C26H31NO6.C25H23F6NO6.C4HClF6O2.CH4/c1-25(2,3)33-24(28)27-11-9-17(10-12-27)26(4,18-5-7-20-22(13-18)31-15-29-20)19-6-8-21-23(14-19)32-16-30-21;1-23(15-2-4-17-19(10-15)36-12-34-17,16-3-5-18-20(11-16)37-13-35-18)14-6-8-32(9-7-14)22(33)38-21(24(26,27)28)25(29,30)31;5-2(12)13-1(3(6,7)8)4(9,10)11;/h5-8,13-14,17H,9-12,15-16H2,1-4H3;2-5,10-11,14,21H,6-9,12-13H2,1H3;1H;1H4. The number of carbonyl (C=O) groups excluding carboxylic acids is 3. The predicted octanol–water partition coefficient (Wildman–Crippen LogP) is 14.4. The molecule has 0 atom stereocenters. The van der Waals surface area contributed by atoms with Gasteiger partial charge in [-0.25, -0.2) is 14.4 Å². The highest BCUT2D eigenvalue weighted by Gasteiger charge is 2.61. The Hall–Kier alpha value is -7.26. The minimum absolute atomic E-state index is 0. The largest absolute Gasteiger partial charge is 0.454 e. The molecule has 29 heteroatoms. The third kappa shape index (κ3) is 14.9. The van der Waals surface area contributed by atoms with Gasteiger partial charge in [0, 0.05) is 48.6 Å². The second kappa shape index (κ2) is 25.0. The Morgan fingerprint density at radius 3 is 0.941 bits per heavy atom. The van der Waals surface area contributed by atoms with Crippen molar-refractivity contribution in [3.63, 3.8) is 0 Å². The number of benzene rings is 4. The molecular formula is C56H59ClF12N2O14. The van der Waals surface area contributed by atoms with Crippen molar-refractivity contribution in [3.05, 3.63) is 95.1 Å². The smallest absolute Gasteiger partial charge is 0.434 e. The van der Waals surface area contributed by atoms with Gasteiger partial charge in [0.25, 0.3) is 12.2 Å². The van der Waals surface area contributed by atoms with Gasteiger partial charge in [0.05, 0.1) is 0 Å². The zero-order valence-electron chi connectivity index (χ0n) is 45.2. The summed E-state index contributed by atoms with van der Waals surface area (Å²) in [7, 11) is 0. The molecule has 0 spiro atoms. The van der Waals surface area contributed by atoms with Gasteiger partial charge in [-0.1, -0.05) is 45.5 Å². The molecule has 6 heterocycles. The van der Waals surface area contributed by atoms with Crippen molar-refractivity contribution in [1.82, 2.24) is 9.80 Å². The summed E-state index contributed by atoms with van der Waals surface area (Å²) in [5, 5.41) is 0. The Morgan fingerprint density at radius 1 is 0.435 bits per heavy atom. The van der Waals surface area contributed by atoms with E-state index in [0.717, 1.165) is 63.0 Å². The number of amides is 2. The van der Waals surface area contributed by atoms with E-state index >= 15 is 0 Å². The lowest BCUT2D eigenvalue weighted by molar-refractivity contribution is -0.308. The number of alkyl halides is 12. The Morgan fingerprint density at radius 2 is 0.694 bits per heavy atom. The molecule has 0 N–H and O–H groups in total. The molecule has 6 aliphatic heterocycles. The number of hydrogen-bond donors (Lipinski definition) is 0. The summed E-state index contributed by atoms with van der Waals surface area (Å²) in [6, 6.07) is 23.4. The van der Waals surface area contributed by atoms with Crippen molar-refractivity contribution in [2.45, 2.75) is 121 Å². The van der Waals surface area contributed by atoms with Crippen LogP contribution in [0.4, 0.5) is 67.1 Å². The summed E-state index contributed by atoms with van der Waals surface area (Å²) in [5.74, 6) is 5.51. The summed E-state index contributed by atoms with van der Waals surface area (Å²) in [6.45, 7) is 11.7. The Bertz CT molecular complexity index is 2880. The number of hydrogen-bond acceptors (Lipinski definition) is 14. The first-order valence-electron chi connectivity index (χ1n) is 25.8. The van der Waals surface area contributed by atoms with Crippen LogP contribution < -0.4 is 37.9 Å². The van der Waals surface area contributed by atoms with Gasteiger partial charge in [-0.05, 0) is 129 Å². The molecular weight excluding hydrogens is 1190 g/mol. The number of ether oxygens (including phenoxy) is 11. The highest BCUT2D eigenvalue weighted by molar-refractivity contribution is 6.61. The molecule has 2 saturated heterocycles. The zero-order chi connectivity index (χ0) is 61.4. The lowest BCUT2D eigenvalue weighted by Crippen LogP contribution is -2.50. The fourth-order valence-corrected chi connectivity index (χ4v) is 10.8. The predicted molar refractivity (Wildman–Crippen MR) is 275 cm³/mol. The number of rotatable bonds is 8. The highest BCUT2D eigenvalue weighted by atomic mass is 35.5. The van der Waals surface area contributed by atoms with Crippen LogP contribution in [0.3, 0.4) is 0 Å². The molecule has 0 aliphatic carbocycles. The molecule has 2 amide bonds. The fourth-order valence-electron chi connectivity index (χ4n) is 10.7. The summed E-state index contributed by atoms with van der Waals surface area (Å²) in [5.41, 5.74) is 0.343. The van der Waals surface area contributed by atoms with E-state index in [1.165, 1.54) is 0 Å². The van der Waals surface area contributed by atoms with Gasteiger partial charge in [-0.15, -0.1) is 0 Å². The molecule has 85 heavy (non-hydrogen) atoms. The maximum Gasteiger partial charge on any atom is 0.434 e. The SMILES string of the molecule is C.CC(C)(C)OC(=O)N1CCC(C(C)(c2ccc3c(c2)OCO3)c2ccc3c(c2)OCO3)CC1.CC(c1ccc2c(c1)OCO2)(c1ccc2c(c1)OCO2)C1CCN(C(=O)OC(C(F)(F)F)C(F)(F)F)CC1.O=C(Cl)OC(C(F)(F)F)C(F)(F)F.